The summed E-state index contributed by atoms with van der Waals surface area (Å²) in [6.07, 6.45) is 1.87. The average Bonchev–Trinajstić information content (AvgIpc) is 2.45. The normalized spacial score (nSPS) is 9.74. The van der Waals surface area contributed by atoms with E-state index in [0.717, 1.165) is 6.42 Å². The second kappa shape index (κ2) is 8.08. The monoisotopic (exact) mass is 262 g/mol. The first kappa shape index (κ1) is 15.0. The molecule has 0 aliphatic rings. The number of esters is 2. The number of methoxy groups -OCH3 is 1. The zero-order chi connectivity index (χ0) is 14.1. The molecule has 1 rings (SSSR count). The van der Waals surface area contributed by atoms with Crippen LogP contribution >= 0.6 is 0 Å². The zero-order valence-corrected chi connectivity index (χ0v) is 11.1. The predicted molar refractivity (Wildman–Crippen MR) is 71.5 cm³/mol. The number of hydrogen-bond donors (Lipinski definition) is 0. The van der Waals surface area contributed by atoms with Gasteiger partial charge >= 0.3 is 11.9 Å². The summed E-state index contributed by atoms with van der Waals surface area (Å²) in [5.74, 6) is -0.891. The molecule has 0 amide bonds. The maximum absolute atomic E-state index is 11.4. The van der Waals surface area contributed by atoms with Gasteiger partial charge in [-0.3, -0.25) is 4.79 Å². The molecular formula is C15H18O4. The fraction of sp³-hybridized carbons (Fsp3) is 0.333. The highest BCUT2D eigenvalue weighted by Crippen LogP contribution is 2.05. The minimum absolute atomic E-state index is 0.114. The van der Waals surface area contributed by atoms with Crippen LogP contribution in [0.1, 0.15) is 18.4 Å². The molecule has 0 heterocycles. The second-order valence-corrected chi connectivity index (χ2v) is 4.09. The Morgan fingerprint density at radius 2 is 1.89 bits per heavy atom. The van der Waals surface area contributed by atoms with Crippen molar-refractivity contribution in [3.63, 3.8) is 0 Å². The summed E-state index contributed by atoms with van der Waals surface area (Å²) >= 11 is 0. The number of carbonyl (C=O) groups is 2. The smallest absolute Gasteiger partial charge is 0.336 e. The highest BCUT2D eigenvalue weighted by atomic mass is 16.5. The number of aryl methyl sites for hydroxylation is 1. The average molecular weight is 262 g/mol. The highest BCUT2D eigenvalue weighted by molar-refractivity contribution is 5.88. The lowest BCUT2D eigenvalue weighted by Gasteiger charge is -2.06. The van der Waals surface area contributed by atoms with E-state index in [0.29, 0.717) is 12.8 Å². The van der Waals surface area contributed by atoms with Crippen LogP contribution in [0.3, 0.4) is 0 Å². The summed E-state index contributed by atoms with van der Waals surface area (Å²) in [5.41, 5.74) is 1.33. The van der Waals surface area contributed by atoms with Gasteiger partial charge in [0.05, 0.1) is 12.7 Å². The van der Waals surface area contributed by atoms with Crippen molar-refractivity contribution in [1.82, 2.24) is 0 Å². The summed E-state index contributed by atoms with van der Waals surface area (Å²) in [6, 6.07) is 9.92. The van der Waals surface area contributed by atoms with Gasteiger partial charge in [0.1, 0.15) is 6.61 Å². The van der Waals surface area contributed by atoms with Crippen LogP contribution in [0.4, 0.5) is 0 Å². The Hall–Kier alpha value is -2.10. The van der Waals surface area contributed by atoms with E-state index in [1.807, 2.05) is 30.3 Å². The molecule has 0 saturated carbocycles. The molecular weight excluding hydrogens is 244 g/mol. The van der Waals surface area contributed by atoms with Gasteiger partial charge in [0.25, 0.3) is 0 Å². The zero-order valence-electron chi connectivity index (χ0n) is 11.1. The van der Waals surface area contributed by atoms with E-state index < -0.39 is 5.97 Å². The Morgan fingerprint density at radius 1 is 1.21 bits per heavy atom. The van der Waals surface area contributed by atoms with Crippen LogP contribution in [0.2, 0.25) is 0 Å². The number of carbonyl (C=O) groups excluding carboxylic acids is 2. The van der Waals surface area contributed by atoms with Crippen molar-refractivity contribution < 1.29 is 19.1 Å². The van der Waals surface area contributed by atoms with Gasteiger partial charge in [0.15, 0.2) is 0 Å². The lowest BCUT2D eigenvalue weighted by atomic mass is 10.1. The van der Waals surface area contributed by atoms with Gasteiger partial charge in [-0.15, -0.1) is 0 Å². The van der Waals surface area contributed by atoms with Gasteiger partial charge in [-0.25, -0.2) is 4.79 Å². The van der Waals surface area contributed by atoms with Crippen LogP contribution in [0.15, 0.2) is 42.5 Å². The van der Waals surface area contributed by atoms with Gasteiger partial charge in [-0.05, 0) is 18.4 Å². The Kier molecular flexibility index (Phi) is 6.36. The van der Waals surface area contributed by atoms with E-state index >= 15 is 0 Å². The Morgan fingerprint density at radius 3 is 2.53 bits per heavy atom. The summed E-state index contributed by atoms with van der Waals surface area (Å²) in [4.78, 5) is 22.4. The minimum atomic E-state index is -0.558. The van der Waals surface area contributed by atoms with Crippen molar-refractivity contribution in [2.24, 2.45) is 0 Å². The van der Waals surface area contributed by atoms with E-state index in [1.165, 1.54) is 12.7 Å². The van der Waals surface area contributed by atoms with Crippen molar-refractivity contribution in [2.75, 3.05) is 13.7 Å². The Labute approximate surface area is 113 Å². The third kappa shape index (κ3) is 5.86. The fourth-order valence-corrected chi connectivity index (χ4v) is 1.52. The number of rotatable bonds is 7. The maximum atomic E-state index is 11.4. The number of benzene rings is 1. The standard InChI is InChI=1S/C15H18O4/c1-12(15(17)18-2)11-19-14(16)10-6-9-13-7-4-3-5-8-13/h3-5,7-8H,1,6,9-11H2,2H3. The Balaban J connectivity index is 2.18. The van der Waals surface area contributed by atoms with Crippen LogP contribution < -0.4 is 0 Å². The number of ether oxygens (including phenoxy) is 2. The van der Waals surface area contributed by atoms with Gasteiger partial charge in [0, 0.05) is 6.42 Å². The largest absolute Gasteiger partial charge is 0.466 e. The molecule has 0 bridgehead atoms. The molecule has 4 nitrogen and oxygen atoms in total. The molecule has 0 aliphatic heterocycles. The van der Waals surface area contributed by atoms with E-state index in [9.17, 15) is 9.59 Å². The highest BCUT2D eigenvalue weighted by Gasteiger charge is 2.09. The first-order valence-corrected chi connectivity index (χ1v) is 6.09. The van der Waals surface area contributed by atoms with Crippen molar-refractivity contribution >= 4 is 11.9 Å². The molecule has 0 aromatic heterocycles. The first-order chi connectivity index (χ1) is 9.13. The molecule has 1 aromatic carbocycles. The SMILES string of the molecule is C=C(COC(=O)CCCc1ccccc1)C(=O)OC. The molecule has 19 heavy (non-hydrogen) atoms. The first-order valence-electron chi connectivity index (χ1n) is 6.09. The van der Waals surface area contributed by atoms with Crippen LogP contribution in [-0.4, -0.2) is 25.7 Å². The predicted octanol–water partition coefficient (Wildman–Crippen LogP) is 2.28. The fourth-order valence-electron chi connectivity index (χ4n) is 1.52. The van der Waals surface area contributed by atoms with E-state index in [-0.39, 0.29) is 18.1 Å². The third-order valence-corrected chi connectivity index (χ3v) is 2.57. The van der Waals surface area contributed by atoms with Crippen LogP contribution in [-0.2, 0) is 25.5 Å². The van der Waals surface area contributed by atoms with Crippen LogP contribution in [0.5, 0.6) is 0 Å². The lowest BCUT2D eigenvalue weighted by Crippen LogP contribution is -2.13. The van der Waals surface area contributed by atoms with E-state index in [2.05, 4.69) is 11.3 Å². The maximum Gasteiger partial charge on any atom is 0.336 e. The molecule has 0 radical (unpaired) electrons. The summed E-state index contributed by atoms with van der Waals surface area (Å²) in [5, 5.41) is 0. The van der Waals surface area contributed by atoms with Crippen LogP contribution in [0, 0.1) is 0 Å². The molecule has 0 saturated heterocycles. The second-order valence-electron chi connectivity index (χ2n) is 4.09. The molecule has 0 spiro atoms. The van der Waals surface area contributed by atoms with E-state index in [4.69, 9.17) is 4.74 Å². The van der Waals surface area contributed by atoms with Crippen LogP contribution in [0.25, 0.3) is 0 Å². The van der Waals surface area contributed by atoms with Crippen molar-refractivity contribution in [3.05, 3.63) is 48.0 Å². The molecule has 0 aliphatic carbocycles. The molecule has 0 atom stereocenters. The topological polar surface area (TPSA) is 52.6 Å². The summed E-state index contributed by atoms with van der Waals surface area (Å²) < 4.78 is 9.38. The summed E-state index contributed by atoms with van der Waals surface area (Å²) in [6.45, 7) is 3.36. The number of hydrogen-bond acceptors (Lipinski definition) is 4. The molecule has 0 fully saturated rings. The molecule has 4 heteroatoms. The quantitative estimate of drug-likeness (QED) is 0.559. The third-order valence-electron chi connectivity index (χ3n) is 2.57. The van der Waals surface area contributed by atoms with Crippen molar-refractivity contribution in [3.8, 4) is 0 Å². The molecule has 1 aromatic rings. The molecule has 0 N–H and O–H groups in total. The van der Waals surface area contributed by atoms with Crippen molar-refractivity contribution in [1.29, 1.82) is 0 Å². The van der Waals surface area contributed by atoms with E-state index in [1.54, 1.807) is 0 Å². The van der Waals surface area contributed by atoms with Gasteiger partial charge in [-0.2, -0.15) is 0 Å². The van der Waals surface area contributed by atoms with Gasteiger partial charge < -0.3 is 9.47 Å². The van der Waals surface area contributed by atoms with Crippen molar-refractivity contribution in [2.45, 2.75) is 19.3 Å². The summed E-state index contributed by atoms with van der Waals surface area (Å²) in [7, 11) is 1.26. The minimum Gasteiger partial charge on any atom is -0.466 e. The van der Waals surface area contributed by atoms with Gasteiger partial charge in [0.2, 0.25) is 0 Å². The lowest BCUT2D eigenvalue weighted by molar-refractivity contribution is -0.144. The van der Waals surface area contributed by atoms with Gasteiger partial charge in [-0.1, -0.05) is 36.9 Å². The molecule has 102 valence electrons. The molecule has 0 unspecified atom stereocenters. The Bertz CT molecular complexity index is 437.